The van der Waals surface area contributed by atoms with Gasteiger partial charge in [0, 0.05) is 18.2 Å². The van der Waals surface area contributed by atoms with Crippen LogP contribution in [-0.2, 0) is 0 Å². The van der Waals surface area contributed by atoms with Crippen molar-refractivity contribution in [2.75, 3.05) is 6.54 Å². The van der Waals surface area contributed by atoms with E-state index in [2.05, 4.69) is 12.2 Å². The zero-order valence-electron chi connectivity index (χ0n) is 9.69. The van der Waals surface area contributed by atoms with Gasteiger partial charge in [0.05, 0.1) is 0 Å². The minimum Gasteiger partial charge on any atom is -0.309 e. The van der Waals surface area contributed by atoms with Crippen LogP contribution >= 0.6 is 0 Å². The van der Waals surface area contributed by atoms with Gasteiger partial charge < -0.3 is 5.32 Å². The summed E-state index contributed by atoms with van der Waals surface area (Å²) >= 11 is 0. The maximum absolute atomic E-state index is 13.8. The third-order valence-corrected chi connectivity index (χ3v) is 3.27. The maximum Gasteiger partial charge on any atom is 0.128 e. The van der Waals surface area contributed by atoms with E-state index in [1.165, 1.54) is 12.1 Å². The van der Waals surface area contributed by atoms with E-state index in [0.717, 1.165) is 19.4 Å². The van der Waals surface area contributed by atoms with E-state index in [1.54, 1.807) is 0 Å². The van der Waals surface area contributed by atoms with E-state index in [1.807, 2.05) is 6.92 Å². The molecule has 2 atom stereocenters. The Morgan fingerprint density at radius 2 is 1.88 bits per heavy atom. The van der Waals surface area contributed by atoms with Gasteiger partial charge in [0.1, 0.15) is 11.6 Å². The molecule has 3 heteroatoms. The molecule has 0 aromatic heterocycles. The number of fused-ring (bicyclic) bond motifs is 1. The first-order valence-electron chi connectivity index (χ1n) is 5.86. The van der Waals surface area contributed by atoms with E-state index in [9.17, 15) is 8.78 Å². The van der Waals surface area contributed by atoms with E-state index in [-0.39, 0.29) is 23.6 Å². The molecule has 0 saturated heterocycles. The van der Waals surface area contributed by atoms with Crippen molar-refractivity contribution in [3.05, 3.63) is 34.9 Å². The largest absolute Gasteiger partial charge is 0.309 e. The fraction of sp³-hybridized carbons (Fsp3) is 0.538. The van der Waals surface area contributed by atoms with Gasteiger partial charge in [-0.2, -0.15) is 0 Å². The number of hydrogen-bond donors (Lipinski definition) is 1. The highest BCUT2D eigenvalue weighted by atomic mass is 19.1. The molecule has 0 saturated carbocycles. The number of hydrogen-bond acceptors (Lipinski definition) is 1. The quantitative estimate of drug-likeness (QED) is 0.812. The Bertz CT molecular complexity index is 390. The predicted octanol–water partition coefficient (Wildman–Crippen LogP) is 3.51. The van der Waals surface area contributed by atoms with Crippen LogP contribution in [0.2, 0.25) is 0 Å². The Kier molecular flexibility index (Phi) is 3.24. The number of benzene rings is 1. The fourth-order valence-electron chi connectivity index (χ4n) is 2.50. The molecule has 2 unspecified atom stereocenters. The lowest BCUT2D eigenvalue weighted by Crippen LogP contribution is -2.33. The average Bonchev–Trinajstić information content (AvgIpc) is 2.26. The smallest absolute Gasteiger partial charge is 0.128 e. The highest BCUT2D eigenvalue weighted by Crippen LogP contribution is 2.35. The second-order valence-corrected chi connectivity index (χ2v) is 4.51. The molecular weight excluding hydrogens is 208 g/mol. The summed E-state index contributed by atoms with van der Waals surface area (Å²) in [6.45, 7) is 4.70. The lowest BCUT2D eigenvalue weighted by Gasteiger charge is -2.31. The highest BCUT2D eigenvalue weighted by Gasteiger charge is 2.29. The van der Waals surface area contributed by atoms with Gasteiger partial charge in [-0.25, -0.2) is 8.78 Å². The summed E-state index contributed by atoms with van der Waals surface area (Å²) in [6, 6.07) is 2.43. The molecule has 1 aromatic carbocycles. The zero-order valence-corrected chi connectivity index (χ0v) is 9.69. The molecule has 2 rings (SSSR count). The molecular formula is C13H17F2N. The van der Waals surface area contributed by atoms with Crippen molar-refractivity contribution >= 4 is 0 Å². The Balaban J connectivity index is 2.51. The summed E-state index contributed by atoms with van der Waals surface area (Å²) in [7, 11) is 0. The van der Waals surface area contributed by atoms with Crippen LogP contribution in [0.5, 0.6) is 0 Å². The molecule has 1 nitrogen and oxygen atoms in total. The second-order valence-electron chi connectivity index (χ2n) is 4.51. The van der Waals surface area contributed by atoms with E-state index in [4.69, 9.17) is 0 Å². The molecule has 0 fully saturated rings. The summed E-state index contributed by atoms with van der Waals surface area (Å²) in [5.41, 5.74) is 1.11. The molecule has 1 aromatic rings. The van der Waals surface area contributed by atoms with E-state index < -0.39 is 0 Å². The Morgan fingerprint density at radius 1 is 1.25 bits per heavy atom. The summed E-state index contributed by atoms with van der Waals surface area (Å²) in [5.74, 6) is -0.515. The molecule has 0 radical (unpaired) electrons. The average molecular weight is 225 g/mol. The zero-order chi connectivity index (χ0) is 11.7. The number of halogens is 2. The van der Waals surface area contributed by atoms with Gasteiger partial charge in [-0.1, -0.05) is 20.3 Å². The Hall–Kier alpha value is -0.960. The van der Waals surface area contributed by atoms with Crippen LogP contribution in [0, 0.1) is 11.6 Å². The van der Waals surface area contributed by atoms with Crippen molar-refractivity contribution in [2.45, 2.75) is 38.6 Å². The molecule has 1 N–H and O–H groups in total. The maximum atomic E-state index is 13.8. The molecule has 88 valence electrons. The van der Waals surface area contributed by atoms with Gasteiger partial charge in [-0.3, -0.25) is 0 Å². The topological polar surface area (TPSA) is 12.0 Å². The monoisotopic (exact) mass is 225 g/mol. The van der Waals surface area contributed by atoms with Gasteiger partial charge in [0.2, 0.25) is 0 Å². The van der Waals surface area contributed by atoms with Crippen molar-refractivity contribution in [3.8, 4) is 0 Å². The minimum atomic E-state index is -0.283. The van der Waals surface area contributed by atoms with Crippen molar-refractivity contribution in [2.24, 2.45) is 0 Å². The van der Waals surface area contributed by atoms with Crippen molar-refractivity contribution in [1.29, 1.82) is 0 Å². The van der Waals surface area contributed by atoms with Crippen LogP contribution in [0.3, 0.4) is 0 Å². The van der Waals surface area contributed by atoms with Crippen LogP contribution in [0.1, 0.15) is 49.8 Å². The van der Waals surface area contributed by atoms with Crippen LogP contribution in [0.15, 0.2) is 12.1 Å². The third kappa shape index (κ3) is 1.84. The predicted molar refractivity (Wildman–Crippen MR) is 60.4 cm³/mol. The lowest BCUT2D eigenvalue weighted by molar-refractivity contribution is 0.407. The van der Waals surface area contributed by atoms with Crippen LogP contribution in [0.4, 0.5) is 8.78 Å². The van der Waals surface area contributed by atoms with Crippen LogP contribution in [-0.4, -0.2) is 6.54 Å². The van der Waals surface area contributed by atoms with Crippen molar-refractivity contribution < 1.29 is 8.78 Å². The molecule has 1 aliphatic rings. The summed E-state index contributed by atoms with van der Waals surface area (Å²) in [4.78, 5) is 0. The minimum absolute atomic E-state index is 0.0353. The molecule has 0 amide bonds. The lowest BCUT2D eigenvalue weighted by atomic mass is 9.85. The summed E-state index contributed by atoms with van der Waals surface area (Å²) in [5, 5.41) is 3.29. The Morgan fingerprint density at radius 3 is 2.50 bits per heavy atom. The summed E-state index contributed by atoms with van der Waals surface area (Å²) in [6.07, 6.45) is 1.81. The van der Waals surface area contributed by atoms with Gasteiger partial charge in [0.15, 0.2) is 0 Å². The first-order valence-corrected chi connectivity index (χ1v) is 5.86. The number of rotatable bonds is 2. The second kappa shape index (κ2) is 4.50. The van der Waals surface area contributed by atoms with Crippen LogP contribution < -0.4 is 5.32 Å². The fourth-order valence-corrected chi connectivity index (χ4v) is 2.50. The molecule has 0 bridgehead atoms. The first kappa shape index (κ1) is 11.5. The van der Waals surface area contributed by atoms with Gasteiger partial charge in [-0.15, -0.1) is 0 Å². The van der Waals surface area contributed by atoms with E-state index >= 15 is 0 Å². The molecule has 0 aliphatic carbocycles. The normalized spacial score (nSPS) is 24.2. The van der Waals surface area contributed by atoms with E-state index in [0.29, 0.717) is 11.1 Å². The molecule has 0 spiro atoms. The van der Waals surface area contributed by atoms with Gasteiger partial charge >= 0.3 is 0 Å². The molecule has 16 heavy (non-hydrogen) atoms. The SMILES string of the molecule is CCCC1NCC(C)c2c(F)ccc(F)c21. The molecule has 1 heterocycles. The number of nitrogens with one attached hydrogen (secondary N) is 1. The highest BCUT2D eigenvalue weighted by molar-refractivity contribution is 5.37. The first-order chi connectivity index (χ1) is 7.65. The van der Waals surface area contributed by atoms with Crippen LogP contribution in [0.25, 0.3) is 0 Å². The summed E-state index contributed by atoms with van der Waals surface area (Å²) < 4.78 is 27.5. The van der Waals surface area contributed by atoms with Gasteiger partial charge in [0.25, 0.3) is 0 Å². The van der Waals surface area contributed by atoms with Gasteiger partial charge in [-0.05, 0) is 30.0 Å². The molecule has 1 aliphatic heterocycles. The van der Waals surface area contributed by atoms with Crippen molar-refractivity contribution in [3.63, 3.8) is 0 Å². The third-order valence-electron chi connectivity index (χ3n) is 3.27. The standard InChI is InChI=1S/C13H17F2N/c1-3-4-11-13-10(15)6-5-9(14)12(13)8(2)7-16-11/h5-6,8,11,16H,3-4,7H2,1-2H3. The van der Waals surface area contributed by atoms with Crippen molar-refractivity contribution in [1.82, 2.24) is 5.32 Å². The Labute approximate surface area is 94.9 Å².